The fourth-order valence-electron chi connectivity index (χ4n) is 3.87. The maximum Gasteiger partial charge on any atom is 0.238 e. The standard InChI is InChI=1S/C28H32N4O4/c1-19-8-9-20(2)23(16-19)31-27(34)18-32(22-11-12-22)15-14-26(33)30-21-10-13-28(29-17-21)36-25-7-5-4-6-24(25)35-3/h4-10,13,16-17,22H,11-12,14-15,18H2,1-3H3,(H,30,33)(H,31,34). The first-order valence-corrected chi connectivity index (χ1v) is 12.1. The molecule has 8 nitrogen and oxygen atoms in total. The smallest absolute Gasteiger partial charge is 0.238 e. The molecule has 1 aromatic heterocycles. The molecule has 8 heteroatoms. The Labute approximate surface area is 211 Å². The van der Waals surface area contributed by atoms with Gasteiger partial charge in [0.05, 0.1) is 25.5 Å². The Balaban J connectivity index is 1.26. The SMILES string of the molecule is COc1ccccc1Oc1ccc(NC(=O)CCN(CC(=O)Nc2cc(C)ccc2C)C2CC2)cn1. The predicted molar refractivity (Wildman–Crippen MR) is 140 cm³/mol. The lowest BCUT2D eigenvalue weighted by atomic mass is 10.1. The monoisotopic (exact) mass is 488 g/mol. The number of hydrogen-bond acceptors (Lipinski definition) is 6. The van der Waals surface area contributed by atoms with Gasteiger partial charge in [-0.05, 0) is 62.1 Å². The van der Waals surface area contributed by atoms with Crippen LogP contribution in [0, 0.1) is 13.8 Å². The van der Waals surface area contributed by atoms with Crippen LogP contribution in [0.15, 0.2) is 60.8 Å². The summed E-state index contributed by atoms with van der Waals surface area (Å²) in [7, 11) is 1.58. The molecule has 188 valence electrons. The van der Waals surface area contributed by atoms with Gasteiger partial charge in [0.2, 0.25) is 17.7 Å². The van der Waals surface area contributed by atoms with E-state index in [-0.39, 0.29) is 24.8 Å². The lowest BCUT2D eigenvalue weighted by Crippen LogP contribution is -2.37. The maximum absolute atomic E-state index is 12.7. The summed E-state index contributed by atoms with van der Waals surface area (Å²) in [6.45, 7) is 4.76. The predicted octanol–water partition coefficient (Wildman–Crippen LogP) is 4.93. The summed E-state index contributed by atoms with van der Waals surface area (Å²) in [6.07, 6.45) is 3.94. The van der Waals surface area contributed by atoms with Gasteiger partial charge in [-0.2, -0.15) is 0 Å². The molecule has 0 spiro atoms. The number of carbonyl (C=O) groups excluding carboxylic acids is 2. The summed E-state index contributed by atoms with van der Waals surface area (Å²) >= 11 is 0. The number of rotatable bonds is 11. The molecule has 1 aliphatic rings. The van der Waals surface area contributed by atoms with Crippen LogP contribution in [0.3, 0.4) is 0 Å². The number of amides is 2. The van der Waals surface area contributed by atoms with Gasteiger partial charge in [-0.3, -0.25) is 14.5 Å². The molecule has 0 aliphatic heterocycles. The zero-order valence-corrected chi connectivity index (χ0v) is 20.9. The second kappa shape index (κ2) is 11.7. The highest BCUT2D eigenvalue weighted by Gasteiger charge is 2.30. The molecule has 0 atom stereocenters. The van der Waals surface area contributed by atoms with Crippen LogP contribution in [0.25, 0.3) is 0 Å². The molecule has 1 saturated carbocycles. The maximum atomic E-state index is 12.7. The summed E-state index contributed by atoms with van der Waals surface area (Å²) in [5.74, 6) is 1.37. The Morgan fingerprint density at radius 1 is 1.00 bits per heavy atom. The van der Waals surface area contributed by atoms with Crippen LogP contribution >= 0.6 is 0 Å². The highest BCUT2D eigenvalue weighted by molar-refractivity contribution is 5.93. The number of anilines is 2. The Morgan fingerprint density at radius 3 is 2.47 bits per heavy atom. The van der Waals surface area contributed by atoms with Gasteiger partial charge in [0.25, 0.3) is 0 Å². The first-order chi connectivity index (χ1) is 17.4. The van der Waals surface area contributed by atoms with Crippen LogP contribution in [0.2, 0.25) is 0 Å². The van der Waals surface area contributed by atoms with Crippen molar-refractivity contribution in [2.45, 2.75) is 39.2 Å². The lowest BCUT2D eigenvalue weighted by molar-refractivity contribution is -0.119. The van der Waals surface area contributed by atoms with E-state index in [0.717, 1.165) is 29.7 Å². The van der Waals surface area contributed by atoms with E-state index in [2.05, 4.69) is 20.5 Å². The van der Waals surface area contributed by atoms with Crippen molar-refractivity contribution in [2.75, 3.05) is 30.8 Å². The fourth-order valence-corrected chi connectivity index (χ4v) is 3.87. The van der Waals surface area contributed by atoms with Crippen molar-refractivity contribution in [3.05, 3.63) is 71.9 Å². The number of aryl methyl sites for hydroxylation is 2. The number of ether oxygens (including phenoxy) is 2. The number of para-hydroxylation sites is 2. The Bertz CT molecular complexity index is 1210. The minimum atomic E-state index is -0.129. The molecule has 3 aromatic rings. The van der Waals surface area contributed by atoms with Crippen molar-refractivity contribution in [3.63, 3.8) is 0 Å². The number of hydrogen-bond donors (Lipinski definition) is 2. The largest absolute Gasteiger partial charge is 0.493 e. The van der Waals surface area contributed by atoms with Crippen LogP contribution in [-0.2, 0) is 9.59 Å². The number of nitrogens with zero attached hydrogens (tertiary/aromatic N) is 2. The number of benzene rings is 2. The summed E-state index contributed by atoms with van der Waals surface area (Å²) in [5, 5.41) is 5.88. The van der Waals surface area contributed by atoms with E-state index in [0.29, 0.717) is 35.7 Å². The molecular formula is C28H32N4O4. The average molecular weight is 489 g/mol. The average Bonchev–Trinajstić information content (AvgIpc) is 3.71. The zero-order valence-electron chi connectivity index (χ0n) is 20.9. The van der Waals surface area contributed by atoms with Gasteiger partial charge in [0.1, 0.15) is 0 Å². The summed E-state index contributed by atoms with van der Waals surface area (Å²) in [5.41, 5.74) is 3.54. The highest BCUT2D eigenvalue weighted by Crippen LogP contribution is 2.30. The zero-order chi connectivity index (χ0) is 25.5. The van der Waals surface area contributed by atoms with Crippen LogP contribution in [0.4, 0.5) is 11.4 Å². The molecule has 1 fully saturated rings. The third-order valence-electron chi connectivity index (χ3n) is 6.01. The van der Waals surface area contributed by atoms with Crippen LogP contribution in [-0.4, -0.2) is 47.9 Å². The molecule has 1 heterocycles. The highest BCUT2D eigenvalue weighted by atomic mass is 16.5. The Kier molecular flexibility index (Phi) is 8.17. The lowest BCUT2D eigenvalue weighted by Gasteiger charge is -2.21. The minimum Gasteiger partial charge on any atom is -0.493 e. The first-order valence-electron chi connectivity index (χ1n) is 12.1. The van der Waals surface area contributed by atoms with Gasteiger partial charge in [-0.1, -0.05) is 24.3 Å². The van der Waals surface area contributed by atoms with Crippen molar-refractivity contribution in [2.24, 2.45) is 0 Å². The molecule has 0 bridgehead atoms. The van der Waals surface area contributed by atoms with Crippen molar-refractivity contribution >= 4 is 23.2 Å². The van der Waals surface area contributed by atoms with E-state index in [1.807, 2.05) is 50.2 Å². The second-order valence-electron chi connectivity index (χ2n) is 9.00. The number of pyridine rings is 1. The molecule has 4 rings (SSSR count). The van der Waals surface area contributed by atoms with Crippen LogP contribution in [0.1, 0.15) is 30.4 Å². The number of nitrogens with one attached hydrogen (secondary N) is 2. The van der Waals surface area contributed by atoms with E-state index >= 15 is 0 Å². The molecule has 1 aliphatic carbocycles. The van der Waals surface area contributed by atoms with Gasteiger partial charge >= 0.3 is 0 Å². The molecule has 2 aromatic carbocycles. The summed E-state index contributed by atoms with van der Waals surface area (Å²) < 4.78 is 11.1. The van der Waals surface area contributed by atoms with Crippen LogP contribution in [0.5, 0.6) is 17.4 Å². The second-order valence-corrected chi connectivity index (χ2v) is 9.00. The minimum absolute atomic E-state index is 0.0640. The summed E-state index contributed by atoms with van der Waals surface area (Å²) in [4.78, 5) is 31.6. The number of aromatic nitrogens is 1. The van der Waals surface area contributed by atoms with E-state index in [1.54, 1.807) is 31.5 Å². The van der Waals surface area contributed by atoms with E-state index in [9.17, 15) is 9.59 Å². The normalized spacial score (nSPS) is 12.8. The van der Waals surface area contributed by atoms with Gasteiger partial charge in [-0.15, -0.1) is 0 Å². The third kappa shape index (κ3) is 7.05. The fraction of sp³-hybridized carbons (Fsp3) is 0.321. The van der Waals surface area contributed by atoms with E-state index in [1.165, 1.54) is 0 Å². The molecule has 2 amide bonds. The van der Waals surface area contributed by atoms with Gasteiger partial charge in [0.15, 0.2) is 11.5 Å². The molecule has 0 radical (unpaired) electrons. The molecular weight excluding hydrogens is 456 g/mol. The Hall–Kier alpha value is -3.91. The summed E-state index contributed by atoms with van der Waals surface area (Å²) in [6, 6.07) is 17.1. The van der Waals surface area contributed by atoms with Crippen molar-refractivity contribution < 1.29 is 19.1 Å². The van der Waals surface area contributed by atoms with Crippen LogP contribution < -0.4 is 20.1 Å². The van der Waals surface area contributed by atoms with Gasteiger partial charge < -0.3 is 20.1 Å². The van der Waals surface area contributed by atoms with Gasteiger partial charge in [0, 0.05) is 30.8 Å². The molecule has 2 N–H and O–H groups in total. The molecule has 0 unspecified atom stereocenters. The van der Waals surface area contributed by atoms with Gasteiger partial charge in [-0.25, -0.2) is 4.98 Å². The van der Waals surface area contributed by atoms with E-state index < -0.39 is 0 Å². The van der Waals surface area contributed by atoms with Crippen molar-refractivity contribution in [3.8, 4) is 17.4 Å². The van der Waals surface area contributed by atoms with E-state index in [4.69, 9.17) is 9.47 Å². The quantitative estimate of drug-likeness (QED) is 0.398. The molecule has 0 saturated heterocycles. The topological polar surface area (TPSA) is 92.8 Å². The van der Waals surface area contributed by atoms with Crippen molar-refractivity contribution in [1.82, 2.24) is 9.88 Å². The Morgan fingerprint density at radius 2 is 1.78 bits per heavy atom. The third-order valence-corrected chi connectivity index (χ3v) is 6.01. The first kappa shape index (κ1) is 25.2. The number of methoxy groups -OCH3 is 1. The molecule has 36 heavy (non-hydrogen) atoms. The number of carbonyl (C=O) groups is 2. The van der Waals surface area contributed by atoms with Crippen molar-refractivity contribution in [1.29, 1.82) is 0 Å².